The zero-order valence-electron chi connectivity index (χ0n) is 14.3. The van der Waals surface area contributed by atoms with Gasteiger partial charge in [-0.2, -0.15) is 0 Å². The number of pyridine rings is 1. The number of amides is 2. The first-order valence-electron chi connectivity index (χ1n) is 8.49. The monoisotopic (exact) mass is 317 g/mol. The van der Waals surface area contributed by atoms with Crippen molar-refractivity contribution in [2.45, 2.75) is 58.5 Å². The van der Waals surface area contributed by atoms with Crippen LogP contribution in [0.1, 0.15) is 58.2 Å². The third kappa shape index (κ3) is 4.78. The Labute approximate surface area is 138 Å². The average Bonchev–Trinajstić information content (AvgIpc) is 2.54. The number of hydrogen-bond donors (Lipinski definition) is 1. The fourth-order valence-electron chi connectivity index (χ4n) is 2.99. The van der Waals surface area contributed by atoms with Crippen molar-refractivity contribution in [1.82, 2.24) is 15.2 Å². The first-order chi connectivity index (χ1) is 11.0. The number of rotatable bonds is 6. The van der Waals surface area contributed by atoms with Crippen LogP contribution in [0.4, 0.5) is 0 Å². The lowest BCUT2D eigenvalue weighted by atomic mass is 9.98. The number of carbonyl (C=O) groups excluding carboxylic acids is 2. The molecule has 2 unspecified atom stereocenters. The van der Waals surface area contributed by atoms with Crippen LogP contribution in [0, 0.1) is 5.92 Å². The van der Waals surface area contributed by atoms with E-state index >= 15 is 0 Å². The van der Waals surface area contributed by atoms with Gasteiger partial charge in [-0.25, -0.2) is 0 Å². The quantitative estimate of drug-likeness (QED) is 0.877. The number of nitrogens with one attached hydrogen (secondary N) is 1. The third-order valence-electron chi connectivity index (χ3n) is 4.22. The van der Waals surface area contributed by atoms with E-state index in [0.29, 0.717) is 25.3 Å². The molecule has 5 heteroatoms. The number of hydrogen-bond acceptors (Lipinski definition) is 3. The Balaban J connectivity index is 2.08. The molecule has 1 fully saturated rings. The van der Waals surface area contributed by atoms with Gasteiger partial charge in [0.25, 0.3) is 0 Å². The second kappa shape index (κ2) is 8.09. The lowest BCUT2D eigenvalue weighted by Crippen LogP contribution is -2.52. The Bertz CT molecular complexity index is 530. The van der Waals surface area contributed by atoms with E-state index in [1.165, 1.54) is 0 Å². The van der Waals surface area contributed by atoms with Crippen molar-refractivity contribution in [3.8, 4) is 0 Å². The van der Waals surface area contributed by atoms with Crippen molar-refractivity contribution in [1.29, 1.82) is 0 Å². The molecule has 2 atom stereocenters. The van der Waals surface area contributed by atoms with E-state index in [0.717, 1.165) is 18.5 Å². The molecule has 126 valence electrons. The molecule has 2 amide bonds. The van der Waals surface area contributed by atoms with Crippen molar-refractivity contribution in [3.63, 3.8) is 0 Å². The Kier molecular flexibility index (Phi) is 6.13. The van der Waals surface area contributed by atoms with Crippen LogP contribution < -0.4 is 5.32 Å². The van der Waals surface area contributed by atoms with E-state index in [9.17, 15) is 9.59 Å². The number of aromatic nitrogens is 1. The van der Waals surface area contributed by atoms with Gasteiger partial charge in [-0.3, -0.25) is 14.6 Å². The van der Waals surface area contributed by atoms with Gasteiger partial charge in [-0.15, -0.1) is 0 Å². The van der Waals surface area contributed by atoms with E-state index in [2.05, 4.69) is 24.1 Å². The van der Waals surface area contributed by atoms with Gasteiger partial charge in [0.15, 0.2) is 0 Å². The Morgan fingerprint density at radius 3 is 2.70 bits per heavy atom. The predicted molar refractivity (Wildman–Crippen MR) is 89.6 cm³/mol. The first kappa shape index (κ1) is 17.4. The minimum Gasteiger partial charge on any atom is -0.346 e. The van der Waals surface area contributed by atoms with Crippen molar-refractivity contribution in [3.05, 3.63) is 30.1 Å². The van der Waals surface area contributed by atoms with E-state index in [1.54, 1.807) is 11.1 Å². The fourth-order valence-corrected chi connectivity index (χ4v) is 2.99. The van der Waals surface area contributed by atoms with Crippen LogP contribution in [0.25, 0.3) is 0 Å². The highest BCUT2D eigenvalue weighted by Gasteiger charge is 2.32. The lowest BCUT2D eigenvalue weighted by molar-refractivity contribution is -0.143. The molecule has 23 heavy (non-hydrogen) atoms. The number of carbonyl (C=O) groups is 2. The minimum atomic E-state index is -0.381. The summed E-state index contributed by atoms with van der Waals surface area (Å²) in [6.45, 7) is 6.76. The van der Waals surface area contributed by atoms with Gasteiger partial charge in [0, 0.05) is 19.2 Å². The van der Waals surface area contributed by atoms with E-state index in [4.69, 9.17) is 0 Å². The highest BCUT2D eigenvalue weighted by molar-refractivity contribution is 5.88. The summed E-state index contributed by atoms with van der Waals surface area (Å²) in [7, 11) is 0. The molecular formula is C18H27N3O2. The van der Waals surface area contributed by atoms with Crippen LogP contribution in [-0.4, -0.2) is 34.3 Å². The number of nitrogens with zero attached hydrogens (tertiary/aromatic N) is 2. The predicted octanol–water partition coefficient (Wildman–Crippen LogP) is 2.69. The van der Waals surface area contributed by atoms with Gasteiger partial charge in [-0.05, 0) is 44.2 Å². The van der Waals surface area contributed by atoms with E-state index < -0.39 is 0 Å². The molecule has 0 aliphatic carbocycles. The van der Waals surface area contributed by atoms with Crippen molar-refractivity contribution in [2.24, 2.45) is 5.92 Å². The Morgan fingerprint density at radius 1 is 1.30 bits per heavy atom. The maximum Gasteiger partial charge on any atom is 0.243 e. The van der Waals surface area contributed by atoms with Gasteiger partial charge in [0.2, 0.25) is 11.8 Å². The smallest absolute Gasteiger partial charge is 0.243 e. The van der Waals surface area contributed by atoms with E-state index in [-0.39, 0.29) is 23.9 Å². The van der Waals surface area contributed by atoms with Gasteiger partial charge in [0.05, 0.1) is 11.7 Å². The molecule has 1 aromatic heterocycles. The molecule has 0 spiro atoms. The lowest BCUT2D eigenvalue weighted by Gasteiger charge is -2.35. The zero-order chi connectivity index (χ0) is 16.8. The summed E-state index contributed by atoms with van der Waals surface area (Å²) in [5.74, 6) is 0.375. The highest BCUT2D eigenvalue weighted by atomic mass is 16.2. The number of piperidine rings is 1. The SMILES string of the molecule is CC(C)CC(C(=O)NC(C)c1ccccn1)N1CCCCC1=O. The molecule has 0 aromatic carbocycles. The minimum absolute atomic E-state index is 0.0768. The second-order valence-corrected chi connectivity index (χ2v) is 6.67. The summed E-state index contributed by atoms with van der Waals surface area (Å²) < 4.78 is 0. The van der Waals surface area contributed by atoms with Gasteiger partial charge >= 0.3 is 0 Å². The topological polar surface area (TPSA) is 62.3 Å². The van der Waals surface area contributed by atoms with Crippen molar-refractivity contribution in [2.75, 3.05) is 6.54 Å². The molecule has 1 N–H and O–H groups in total. The van der Waals surface area contributed by atoms with Crippen LogP contribution in [0.3, 0.4) is 0 Å². The highest BCUT2D eigenvalue weighted by Crippen LogP contribution is 2.20. The molecule has 0 radical (unpaired) electrons. The second-order valence-electron chi connectivity index (χ2n) is 6.67. The summed E-state index contributed by atoms with van der Waals surface area (Å²) in [5, 5.41) is 3.02. The maximum atomic E-state index is 12.8. The summed E-state index contributed by atoms with van der Waals surface area (Å²) in [5.41, 5.74) is 0.828. The van der Waals surface area contributed by atoms with Gasteiger partial charge < -0.3 is 10.2 Å². The summed E-state index contributed by atoms with van der Waals surface area (Å²) in [4.78, 5) is 31.0. The normalized spacial score (nSPS) is 17.9. The molecule has 1 aliphatic rings. The molecular weight excluding hydrogens is 290 g/mol. The summed E-state index contributed by atoms with van der Waals surface area (Å²) in [6, 6.07) is 5.11. The molecule has 1 saturated heterocycles. The van der Waals surface area contributed by atoms with Crippen LogP contribution in [-0.2, 0) is 9.59 Å². The van der Waals surface area contributed by atoms with Crippen LogP contribution >= 0.6 is 0 Å². The Morgan fingerprint density at radius 2 is 2.09 bits per heavy atom. The third-order valence-corrected chi connectivity index (χ3v) is 4.22. The molecule has 2 rings (SSSR count). The average molecular weight is 317 g/mol. The van der Waals surface area contributed by atoms with Crippen LogP contribution in [0.15, 0.2) is 24.4 Å². The molecule has 0 saturated carbocycles. The van der Waals surface area contributed by atoms with Crippen molar-refractivity contribution < 1.29 is 9.59 Å². The largest absolute Gasteiger partial charge is 0.346 e. The van der Waals surface area contributed by atoms with Crippen LogP contribution in [0.5, 0.6) is 0 Å². The standard InChI is InChI=1S/C18H27N3O2/c1-13(2)12-16(21-11-7-5-9-17(21)22)18(23)20-14(3)15-8-4-6-10-19-15/h4,6,8,10,13-14,16H,5,7,9,11-12H2,1-3H3,(H,20,23). The molecule has 0 bridgehead atoms. The Hall–Kier alpha value is -1.91. The summed E-state index contributed by atoms with van der Waals surface area (Å²) >= 11 is 0. The molecule has 2 heterocycles. The first-order valence-corrected chi connectivity index (χ1v) is 8.49. The molecule has 1 aromatic rings. The van der Waals surface area contributed by atoms with Crippen LogP contribution in [0.2, 0.25) is 0 Å². The van der Waals surface area contributed by atoms with Crippen molar-refractivity contribution >= 4 is 11.8 Å². The fraction of sp³-hybridized carbons (Fsp3) is 0.611. The molecule has 5 nitrogen and oxygen atoms in total. The number of likely N-dealkylation sites (tertiary alicyclic amines) is 1. The van der Waals surface area contributed by atoms with E-state index in [1.807, 2.05) is 25.1 Å². The maximum absolute atomic E-state index is 12.8. The molecule has 1 aliphatic heterocycles. The van der Waals surface area contributed by atoms with Gasteiger partial charge in [-0.1, -0.05) is 19.9 Å². The van der Waals surface area contributed by atoms with Gasteiger partial charge in [0.1, 0.15) is 6.04 Å². The summed E-state index contributed by atoms with van der Waals surface area (Å²) in [6.07, 6.45) is 4.86. The zero-order valence-corrected chi connectivity index (χ0v) is 14.3.